The molecule has 0 bridgehead atoms. The molecule has 1 aliphatic rings. The summed E-state index contributed by atoms with van der Waals surface area (Å²) in [4.78, 5) is 28.2. The van der Waals surface area contributed by atoms with Crippen molar-refractivity contribution >= 4 is 23.3 Å². The first-order valence-corrected chi connectivity index (χ1v) is 7.00. The number of amides is 1. The molecular formula is C15H19ClN2O2. The van der Waals surface area contributed by atoms with E-state index < -0.39 is 5.54 Å². The van der Waals surface area contributed by atoms with Crippen LogP contribution in [0, 0.1) is 0 Å². The smallest absolute Gasteiger partial charge is 0.242 e. The number of nitrogens with zero attached hydrogens (tertiary/aromatic N) is 2. The van der Waals surface area contributed by atoms with Crippen molar-refractivity contribution in [1.29, 1.82) is 0 Å². The Morgan fingerprint density at radius 2 is 1.95 bits per heavy atom. The van der Waals surface area contributed by atoms with E-state index in [1.165, 1.54) is 0 Å². The minimum absolute atomic E-state index is 0.0377. The number of carbonyl (C=O) groups excluding carboxylic acids is 2. The van der Waals surface area contributed by atoms with E-state index in [0.717, 1.165) is 0 Å². The van der Waals surface area contributed by atoms with E-state index >= 15 is 0 Å². The van der Waals surface area contributed by atoms with Crippen molar-refractivity contribution in [3.63, 3.8) is 0 Å². The van der Waals surface area contributed by atoms with Crippen LogP contribution < -0.4 is 0 Å². The first-order chi connectivity index (χ1) is 9.34. The van der Waals surface area contributed by atoms with Crippen LogP contribution in [0.3, 0.4) is 0 Å². The van der Waals surface area contributed by atoms with Crippen molar-refractivity contribution in [2.45, 2.75) is 19.4 Å². The van der Waals surface area contributed by atoms with Gasteiger partial charge >= 0.3 is 0 Å². The third-order valence-electron chi connectivity index (χ3n) is 3.87. The van der Waals surface area contributed by atoms with Gasteiger partial charge in [-0.2, -0.15) is 0 Å². The maximum atomic E-state index is 12.4. The van der Waals surface area contributed by atoms with Gasteiger partial charge in [-0.3, -0.25) is 14.5 Å². The third kappa shape index (κ3) is 2.72. The molecule has 0 atom stereocenters. The van der Waals surface area contributed by atoms with Crippen LogP contribution >= 0.6 is 11.6 Å². The molecule has 20 heavy (non-hydrogen) atoms. The number of likely N-dealkylation sites (N-methyl/N-ethyl adjacent to an activating group) is 1. The Labute approximate surface area is 124 Å². The molecule has 4 nitrogen and oxygen atoms in total. The lowest BCUT2D eigenvalue weighted by Gasteiger charge is -2.44. The van der Waals surface area contributed by atoms with Crippen molar-refractivity contribution in [3.8, 4) is 0 Å². The zero-order chi connectivity index (χ0) is 14.9. The van der Waals surface area contributed by atoms with Gasteiger partial charge in [-0.25, -0.2) is 0 Å². The molecule has 1 heterocycles. The minimum Gasteiger partial charge on any atom is -0.343 e. The first kappa shape index (κ1) is 15.0. The monoisotopic (exact) mass is 294 g/mol. The van der Waals surface area contributed by atoms with Crippen molar-refractivity contribution in [3.05, 3.63) is 34.9 Å². The average molecular weight is 295 g/mol. The van der Waals surface area contributed by atoms with Gasteiger partial charge in [-0.15, -0.1) is 0 Å². The number of piperazine rings is 1. The largest absolute Gasteiger partial charge is 0.343 e. The number of rotatable bonds is 3. The second-order valence-corrected chi connectivity index (χ2v) is 6.02. The number of ketones is 1. The zero-order valence-corrected chi connectivity index (χ0v) is 12.8. The Kier molecular flexibility index (Phi) is 4.16. The lowest BCUT2D eigenvalue weighted by atomic mass is 9.96. The zero-order valence-electron chi connectivity index (χ0n) is 12.0. The lowest BCUT2D eigenvalue weighted by molar-refractivity contribution is -0.146. The highest BCUT2D eigenvalue weighted by Crippen LogP contribution is 2.23. The molecule has 0 radical (unpaired) electrons. The van der Waals surface area contributed by atoms with Crippen LogP contribution in [0.5, 0.6) is 0 Å². The number of hydrogen-bond acceptors (Lipinski definition) is 3. The summed E-state index contributed by atoms with van der Waals surface area (Å²) in [7, 11) is 1.79. The molecule has 5 heteroatoms. The van der Waals surface area contributed by atoms with Gasteiger partial charge in [0, 0.05) is 25.7 Å². The molecule has 1 saturated heterocycles. The maximum Gasteiger partial charge on any atom is 0.242 e. The van der Waals surface area contributed by atoms with Crippen LogP contribution in [-0.2, 0) is 4.79 Å². The number of benzene rings is 1. The second kappa shape index (κ2) is 5.54. The molecule has 1 aliphatic heterocycles. The SMILES string of the molecule is CN1CCN(CC(=O)c2ccccc2Cl)C(C)(C)C1=O. The van der Waals surface area contributed by atoms with Crippen LogP contribution in [0.4, 0.5) is 0 Å². The minimum atomic E-state index is -0.663. The summed E-state index contributed by atoms with van der Waals surface area (Å²) in [5.41, 5.74) is -0.152. The quantitative estimate of drug-likeness (QED) is 0.802. The second-order valence-electron chi connectivity index (χ2n) is 5.61. The van der Waals surface area contributed by atoms with Crippen molar-refractivity contribution in [1.82, 2.24) is 9.80 Å². The Balaban J connectivity index is 2.16. The number of Topliss-reactive ketones (excluding diaryl/α,β-unsaturated/α-hetero) is 1. The fourth-order valence-electron chi connectivity index (χ4n) is 2.48. The summed E-state index contributed by atoms with van der Waals surface area (Å²) in [6.07, 6.45) is 0. The summed E-state index contributed by atoms with van der Waals surface area (Å²) in [5, 5.41) is 0.454. The van der Waals surface area contributed by atoms with Crippen LogP contribution in [-0.4, -0.2) is 53.7 Å². The number of halogens is 1. The van der Waals surface area contributed by atoms with Crippen molar-refractivity contribution < 1.29 is 9.59 Å². The molecular weight excluding hydrogens is 276 g/mol. The number of carbonyl (C=O) groups is 2. The molecule has 0 aromatic heterocycles. The fraction of sp³-hybridized carbons (Fsp3) is 0.467. The van der Waals surface area contributed by atoms with E-state index in [1.807, 2.05) is 18.7 Å². The summed E-state index contributed by atoms with van der Waals surface area (Å²) >= 11 is 6.05. The Hall–Kier alpha value is -1.39. The lowest BCUT2D eigenvalue weighted by Crippen LogP contribution is -2.62. The molecule has 1 aromatic rings. The van der Waals surface area contributed by atoms with Gasteiger partial charge in [0.1, 0.15) is 0 Å². The van der Waals surface area contributed by atoms with Crippen LogP contribution in [0.2, 0.25) is 5.02 Å². The van der Waals surface area contributed by atoms with E-state index in [2.05, 4.69) is 0 Å². The topological polar surface area (TPSA) is 40.6 Å². The van der Waals surface area contributed by atoms with E-state index in [0.29, 0.717) is 23.7 Å². The average Bonchev–Trinajstić information content (AvgIpc) is 2.40. The van der Waals surface area contributed by atoms with Gasteiger partial charge in [0.2, 0.25) is 5.91 Å². The maximum absolute atomic E-state index is 12.4. The first-order valence-electron chi connectivity index (χ1n) is 6.62. The highest BCUT2D eigenvalue weighted by Gasteiger charge is 2.41. The van der Waals surface area contributed by atoms with E-state index in [4.69, 9.17) is 11.6 Å². The molecule has 0 aliphatic carbocycles. The van der Waals surface area contributed by atoms with E-state index in [1.54, 1.807) is 36.2 Å². The highest BCUT2D eigenvalue weighted by atomic mass is 35.5. The molecule has 1 aromatic carbocycles. The van der Waals surface area contributed by atoms with Crippen LogP contribution in [0.25, 0.3) is 0 Å². The molecule has 0 spiro atoms. The third-order valence-corrected chi connectivity index (χ3v) is 4.20. The van der Waals surface area contributed by atoms with Gasteiger partial charge in [0.25, 0.3) is 0 Å². The predicted octanol–water partition coefficient (Wildman–Crippen LogP) is 2.08. The van der Waals surface area contributed by atoms with Crippen molar-refractivity contribution in [2.75, 3.05) is 26.7 Å². The van der Waals surface area contributed by atoms with E-state index in [9.17, 15) is 9.59 Å². The normalized spacial score (nSPS) is 19.2. The molecule has 1 amide bonds. The summed E-state index contributed by atoms with van der Waals surface area (Å²) in [6.45, 7) is 5.23. The Bertz CT molecular complexity index is 542. The Morgan fingerprint density at radius 1 is 1.30 bits per heavy atom. The molecule has 1 fully saturated rings. The summed E-state index contributed by atoms with van der Waals surface area (Å²) in [5.74, 6) is -0.0169. The van der Waals surface area contributed by atoms with Gasteiger partial charge in [0.05, 0.1) is 17.1 Å². The number of hydrogen-bond donors (Lipinski definition) is 0. The van der Waals surface area contributed by atoms with E-state index in [-0.39, 0.29) is 18.2 Å². The Morgan fingerprint density at radius 3 is 2.60 bits per heavy atom. The summed E-state index contributed by atoms with van der Waals surface area (Å²) in [6, 6.07) is 7.01. The molecule has 0 unspecified atom stereocenters. The molecule has 2 rings (SSSR count). The highest BCUT2D eigenvalue weighted by molar-refractivity contribution is 6.34. The fourth-order valence-corrected chi connectivity index (χ4v) is 2.72. The molecule has 108 valence electrons. The summed E-state index contributed by atoms with van der Waals surface area (Å²) < 4.78 is 0. The molecule has 0 N–H and O–H groups in total. The van der Waals surface area contributed by atoms with Gasteiger partial charge in [-0.05, 0) is 26.0 Å². The van der Waals surface area contributed by atoms with Gasteiger partial charge < -0.3 is 4.90 Å². The standard InChI is InChI=1S/C15H19ClN2O2/c1-15(2)14(20)17(3)8-9-18(15)10-13(19)11-6-4-5-7-12(11)16/h4-7H,8-10H2,1-3H3. The van der Waals surface area contributed by atoms with Crippen LogP contribution in [0.1, 0.15) is 24.2 Å². The van der Waals surface area contributed by atoms with Gasteiger partial charge in [-0.1, -0.05) is 23.7 Å². The predicted molar refractivity (Wildman–Crippen MR) is 79.1 cm³/mol. The van der Waals surface area contributed by atoms with Gasteiger partial charge in [0.15, 0.2) is 5.78 Å². The van der Waals surface area contributed by atoms with Crippen molar-refractivity contribution in [2.24, 2.45) is 0 Å². The van der Waals surface area contributed by atoms with Crippen LogP contribution in [0.15, 0.2) is 24.3 Å². The molecule has 0 saturated carbocycles.